The number of pyridine rings is 1. The second kappa shape index (κ2) is 6.63. The number of ketones is 1. The first-order chi connectivity index (χ1) is 12.3. The van der Waals surface area contributed by atoms with Gasteiger partial charge in [0.05, 0.1) is 18.2 Å². The standard InChI is InChI=1S/C20H20N2O4/c1-20(2,3)26-19(24)22-10-8-13-11-14(25-4)12-15(17(13)22)18(23)16-7-5-6-9-21-16/h5-12H,1-4H3. The summed E-state index contributed by atoms with van der Waals surface area (Å²) in [7, 11) is 1.53. The predicted molar refractivity (Wildman–Crippen MR) is 97.8 cm³/mol. The zero-order chi connectivity index (χ0) is 18.9. The molecule has 0 N–H and O–H groups in total. The number of carbonyl (C=O) groups excluding carboxylic acids is 2. The Kier molecular flexibility index (Phi) is 4.50. The van der Waals surface area contributed by atoms with Crippen LogP contribution < -0.4 is 4.74 Å². The van der Waals surface area contributed by atoms with E-state index in [0.717, 1.165) is 0 Å². The molecule has 26 heavy (non-hydrogen) atoms. The molecule has 0 aliphatic heterocycles. The van der Waals surface area contributed by atoms with Gasteiger partial charge in [0, 0.05) is 17.8 Å². The van der Waals surface area contributed by atoms with Gasteiger partial charge in [-0.3, -0.25) is 14.3 Å². The Morgan fingerprint density at radius 2 is 1.88 bits per heavy atom. The van der Waals surface area contributed by atoms with E-state index >= 15 is 0 Å². The number of hydrogen-bond acceptors (Lipinski definition) is 5. The summed E-state index contributed by atoms with van der Waals surface area (Å²) in [6.45, 7) is 5.37. The van der Waals surface area contributed by atoms with Gasteiger partial charge in [-0.2, -0.15) is 0 Å². The Bertz CT molecular complexity index is 969. The average Bonchev–Trinajstić information content (AvgIpc) is 3.03. The Morgan fingerprint density at radius 1 is 1.12 bits per heavy atom. The Balaban J connectivity index is 2.18. The minimum Gasteiger partial charge on any atom is -0.497 e. The van der Waals surface area contributed by atoms with Gasteiger partial charge in [0.15, 0.2) is 0 Å². The van der Waals surface area contributed by atoms with E-state index in [0.29, 0.717) is 27.9 Å². The SMILES string of the molecule is COc1cc(C(=O)c2ccccn2)c2c(ccn2C(=O)OC(C)(C)C)c1. The highest BCUT2D eigenvalue weighted by molar-refractivity contribution is 6.16. The predicted octanol–water partition coefficient (Wildman–Crippen LogP) is 4.06. The molecule has 0 aliphatic carbocycles. The number of aromatic nitrogens is 2. The van der Waals surface area contributed by atoms with Crippen LogP contribution >= 0.6 is 0 Å². The van der Waals surface area contributed by atoms with Crippen molar-refractivity contribution in [3.8, 4) is 5.75 Å². The maximum absolute atomic E-state index is 13.0. The number of ether oxygens (including phenoxy) is 2. The van der Waals surface area contributed by atoms with Gasteiger partial charge in [-0.15, -0.1) is 0 Å². The zero-order valence-corrected chi connectivity index (χ0v) is 15.1. The highest BCUT2D eigenvalue weighted by Gasteiger charge is 2.23. The van der Waals surface area contributed by atoms with E-state index in [1.807, 2.05) is 0 Å². The summed E-state index contributed by atoms with van der Waals surface area (Å²) in [5.41, 5.74) is 0.439. The van der Waals surface area contributed by atoms with Crippen LogP contribution in [-0.2, 0) is 4.74 Å². The fourth-order valence-electron chi connectivity index (χ4n) is 2.64. The zero-order valence-electron chi connectivity index (χ0n) is 15.1. The molecule has 3 rings (SSSR count). The van der Waals surface area contributed by atoms with E-state index in [1.54, 1.807) is 69.6 Å². The second-order valence-corrected chi connectivity index (χ2v) is 6.82. The molecule has 0 saturated heterocycles. The van der Waals surface area contributed by atoms with E-state index in [-0.39, 0.29) is 5.78 Å². The maximum atomic E-state index is 13.0. The van der Waals surface area contributed by atoms with Crippen LogP contribution in [0.4, 0.5) is 4.79 Å². The Labute approximate surface area is 151 Å². The van der Waals surface area contributed by atoms with Crippen LogP contribution in [0.2, 0.25) is 0 Å². The maximum Gasteiger partial charge on any atom is 0.419 e. The molecule has 2 heterocycles. The second-order valence-electron chi connectivity index (χ2n) is 6.82. The first kappa shape index (κ1) is 17.7. The molecule has 134 valence electrons. The Hall–Kier alpha value is -3.15. The summed E-state index contributed by atoms with van der Waals surface area (Å²) in [5, 5.41) is 0.703. The van der Waals surface area contributed by atoms with Gasteiger partial charge in [-0.25, -0.2) is 4.79 Å². The van der Waals surface area contributed by atoms with E-state index in [9.17, 15) is 9.59 Å². The molecular formula is C20H20N2O4. The summed E-state index contributed by atoms with van der Waals surface area (Å²) < 4.78 is 12.1. The summed E-state index contributed by atoms with van der Waals surface area (Å²) in [6.07, 6.45) is 2.60. The van der Waals surface area contributed by atoms with E-state index in [2.05, 4.69) is 4.98 Å². The fraction of sp³-hybridized carbons (Fsp3) is 0.250. The van der Waals surface area contributed by atoms with Crippen molar-refractivity contribution in [2.24, 2.45) is 0 Å². The van der Waals surface area contributed by atoms with Gasteiger partial charge >= 0.3 is 6.09 Å². The van der Waals surface area contributed by atoms with Gasteiger partial charge in [-0.1, -0.05) is 6.07 Å². The highest BCUT2D eigenvalue weighted by atomic mass is 16.6. The molecule has 0 unspecified atom stereocenters. The number of nitrogens with zero attached hydrogens (tertiary/aromatic N) is 2. The first-order valence-electron chi connectivity index (χ1n) is 8.18. The molecule has 1 aromatic carbocycles. The van der Waals surface area contributed by atoms with Crippen LogP contribution in [0.15, 0.2) is 48.8 Å². The van der Waals surface area contributed by atoms with Crippen molar-refractivity contribution < 1.29 is 19.1 Å². The van der Waals surface area contributed by atoms with Crippen molar-refractivity contribution in [1.82, 2.24) is 9.55 Å². The summed E-state index contributed by atoms with van der Waals surface area (Å²) in [6, 6.07) is 10.2. The van der Waals surface area contributed by atoms with Crippen molar-refractivity contribution >= 4 is 22.8 Å². The number of benzene rings is 1. The molecule has 0 atom stereocenters. The minimum absolute atomic E-state index is 0.291. The van der Waals surface area contributed by atoms with Crippen LogP contribution in [0.1, 0.15) is 36.8 Å². The van der Waals surface area contributed by atoms with Crippen LogP contribution in [0.3, 0.4) is 0 Å². The highest BCUT2D eigenvalue weighted by Crippen LogP contribution is 2.29. The molecule has 0 bridgehead atoms. The molecule has 3 aromatic rings. The molecule has 6 nitrogen and oxygen atoms in total. The summed E-state index contributed by atoms with van der Waals surface area (Å²) >= 11 is 0. The van der Waals surface area contributed by atoms with Gasteiger partial charge in [0.2, 0.25) is 5.78 Å². The van der Waals surface area contributed by atoms with Crippen molar-refractivity contribution in [1.29, 1.82) is 0 Å². The van der Waals surface area contributed by atoms with Crippen LogP contribution in [0, 0.1) is 0 Å². The van der Waals surface area contributed by atoms with E-state index in [1.165, 1.54) is 11.7 Å². The largest absolute Gasteiger partial charge is 0.497 e. The van der Waals surface area contributed by atoms with Crippen molar-refractivity contribution in [3.05, 3.63) is 60.0 Å². The van der Waals surface area contributed by atoms with Gasteiger partial charge in [0.25, 0.3) is 0 Å². The lowest BCUT2D eigenvalue weighted by Gasteiger charge is -2.20. The number of fused-ring (bicyclic) bond motifs is 1. The van der Waals surface area contributed by atoms with Crippen LogP contribution in [0.5, 0.6) is 5.75 Å². The summed E-state index contributed by atoms with van der Waals surface area (Å²) in [5.74, 6) is 0.233. The van der Waals surface area contributed by atoms with Crippen LogP contribution in [-0.4, -0.2) is 34.1 Å². The molecule has 0 aliphatic rings. The third kappa shape index (κ3) is 3.44. The van der Waals surface area contributed by atoms with Crippen molar-refractivity contribution in [3.63, 3.8) is 0 Å². The minimum atomic E-state index is -0.648. The topological polar surface area (TPSA) is 70.4 Å². The monoisotopic (exact) mass is 352 g/mol. The van der Waals surface area contributed by atoms with Crippen molar-refractivity contribution in [2.45, 2.75) is 26.4 Å². The quantitative estimate of drug-likeness (QED) is 0.665. The van der Waals surface area contributed by atoms with Gasteiger partial charge < -0.3 is 9.47 Å². The van der Waals surface area contributed by atoms with E-state index < -0.39 is 11.7 Å². The van der Waals surface area contributed by atoms with Gasteiger partial charge in [-0.05, 0) is 51.1 Å². The lowest BCUT2D eigenvalue weighted by Crippen LogP contribution is -2.27. The molecule has 2 aromatic heterocycles. The molecule has 0 amide bonds. The third-order valence-electron chi connectivity index (χ3n) is 3.73. The molecule has 0 radical (unpaired) electrons. The smallest absolute Gasteiger partial charge is 0.419 e. The number of carbonyl (C=O) groups is 2. The lowest BCUT2D eigenvalue weighted by atomic mass is 10.0. The van der Waals surface area contributed by atoms with Crippen molar-refractivity contribution in [2.75, 3.05) is 7.11 Å². The molecule has 0 fully saturated rings. The van der Waals surface area contributed by atoms with E-state index in [4.69, 9.17) is 9.47 Å². The number of hydrogen-bond donors (Lipinski definition) is 0. The molecule has 0 saturated carbocycles. The van der Waals surface area contributed by atoms with Gasteiger partial charge in [0.1, 0.15) is 17.0 Å². The Morgan fingerprint density at radius 3 is 2.50 bits per heavy atom. The molecular weight excluding hydrogens is 332 g/mol. The third-order valence-corrected chi connectivity index (χ3v) is 3.73. The normalized spacial score (nSPS) is 11.4. The average molecular weight is 352 g/mol. The lowest BCUT2D eigenvalue weighted by molar-refractivity contribution is 0.0544. The number of rotatable bonds is 3. The molecule has 0 spiro atoms. The molecule has 6 heteroatoms. The number of methoxy groups -OCH3 is 1. The summed E-state index contributed by atoms with van der Waals surface area (Å²) in [4.78, 5) is 29.7. The first-order valence-corrected chi connectivity index (χ1v) is 8.18. The fourth-order valence-corrected chi connectivity index (χ4v) is 2.64. The van der Waals surface area contributed by atoms with Crippen LogP contribution in [0.25, 0.3) is 10.9 Å².